The highest BCUT2D eigenvalue weighted by molar-refractivity contribution is 6.31. The van der Waals surface area contributed by atoms with Crippen LogP contribution in [0.5, 0.6) is 5.75 Å². The summed E-state index contributed by atoms with van der Waals surface area (Å²) in [5.41, 5.74) is 3.96. The van der Waals surface area contributed by atoms with Crippen LogP contribution in [0.2, 0.25) is 5.02 Å². The van der Waals surface area contributed by atoms with Crippen molar-refractivity contribution in [1.29, 1.82) is 0 Å². The van der Waals surface area contributed by atoms with Crippen molar-refractivity contribution in [3.63, 3.8) is 0 Å². The van der Waals surface area contributed by atoms with Gasteiger partial charge >= 0.3 is 0 Å². The lowest BCUT2D eigenvalue weighted by Crippen LogP contribution is -2.02. The van der Waals surface area contributed by atoms with Gasteiger partial charge in [0.15, 0.2) is 0 Å². The third kappa shape index (κ3) is 3.53. The van der Waals surface area contributed by atoms with Crippen LogP contribution < -0.4 is 4.74 Å². The average molecular weight is 291 g/mol. The summed E-state index contributed by atoms with van der Waals surface area (Å²) >= 11 is 6.19. The van der Waals surface area contributed by atoms with Gasteiger partial charge in [-0.15, -0.1) is 0 Å². The molecule has 0 aliphatic rings. The number of hydrogen-bond donors (Lipinski definition) is 1. The lowest BCUT2D eigenvalue weighted by molar-refractivity contribution is 0.190. The zero-order valence-corrected chi connectivity index (χ0v) is 12.7. The van der Waals surface area contributed by atoms with Crippen molar-refractivity contribution in [3.8, 4) is 5.75 Å². The van der Waals surface area contributed by atoms with E-state index < -0.39 is 6.10 Å². The highest BCUT2D eigenvalue weighted by atomic mass is 35.5. The van der Waals surface area contributed by atoms with E-state index in [0.717, 1.165) is 22.3 Å². The first-order chi connectivity index (χ1) is 9.47. The van der Waals surface area contributed by atoms with Gasteiger partial charge in [0.1, 0.15) is 12.4 Å². The summed E-state index contributed by atoms with van der Waals surface area (Å²) in [5.74, 6) is 0.697. The van der Waals surface area contributed by atoms with Crippen molar-refractivity contribution in [2.24, 2.45) is 0 Å². The van der Waals surface area contributed by atoms with Gasteiger partial charge in [-0.1, -0.05) is 35.4 Å². The van der Waals surface area contributed by atoms with Gasteiger partial charge in [-0.3, -0.25) is 0 Å². The Balaban J connectivity index is 2.18. The Morgan fingerprint density at radius 3 is 2.40 bits per heavy atom. The number of benzene rings is 2. The van der Waals surface area contributed by atoms with Gasteiger partial charge in [-0.25, -0.2) is 0 Å². The molecule has 0 spiro atoms. The molecule has 0 saturated heterocycles. The van der Waals surface area contributed by atoms with Crippen molar-refractivity contribution < 1.29 is 9.84 Å². The van der Waals surface area contributed by atoms with E-state index in [1.807, 2.05) is 50.2 Å². The molecule has 2 rings (SSSR count). The van der Waals surface area contributed by atoms with E-state index in [2.05, 4.69) is 0 Å². The molecule has 0 aliphatic heterocycles. The quantitative estimate of drug-likeness (QED) is 0.892. The maximum absolute atomic E-state index is 9.81. The molecule has 3 heteroatoms. The first-order valence-corrected chi connectivity index (χ1v) is 7.01. The molecule has 0 radical (unpaired) electrons. The summed E-state index contributed by atoms with van der Waals surface area (Å²) in [5, 5.41) is 10.5. The van der Waals surface area contributed by atoms with Crippen LogP contribution >= 0.6 is 11.6 Å². The molecule has 2 nitrogen and oxygen atoms in total. The van der Waals surface area contributed by atoms with Gasteiger partial charge in [0.25, 0.3) is 0 Å². The van der Waals surface area contributed by atoms with E-state index >= 15 is 0 Å². The summed E-state index contributed by atoms with van der Waals surface area (Å²) in [4.78, 5) is 0. The largest absolute Gasteiger partial charge is 0.488 e. The molecule has 0 bridgehead atoms. The maximum atomic E-state index is 9.81. The van der Waals surface area contributed by atoms with Crippen molar-refractivity contribution >= 4 is 11.6 Å². The van der Waals surface area contributed by atoms with E-state index in [-0.39, 0.29) is 0 Å². The summed E-state index contributed by atoms with van der Waals surface area (Å²) in [6, 6.07) is 11.7. The SMILES string of the molecule is Cc1ccc(COc2ccc(C)cc2[C@@H](C)O)c(Cl)c1. The topological polar surface area (TPSA) is 29.5 Å². The van der Waals surface area contributed by atoms with E-state index in [1.54, 1.807) is 6.92 Å². The standard InChI is InChI=1S/C17H19ClO2/c1-11-5-7-17(15(8-11)13(3)19)20-10-14-6-4-12(2)9-16(14)18/h4-9,13,19H,10H2,1-3H3/t13-/m1/s1. The van der Waals surface area contributed by atoms with Crippen LogP contribution in [0.1, 0.15) is 35.3 Å². The minimum atomic E-state index is -0.557. The number of rotatable bonds is 4. The maximum Gasteiger partial charge on any atom is 0.125 e. The summed E-state index contributed by atoms with van der Waals surface area (Å²) in [7, 11) is 0. The zero-order valence-electron chi connectivity index (χ0n) is 12.0. The van der Waals surface area contributed by atoms with Gasteiger partial charge in [-0.05, 0) is 44.5 Å². The summed E-state index contributed by atoms with van der Waals surface area (Å²) in [6.45, 7) is 6.12. The average Bonchev–Trinajstić information content (AvgIpc) is 2.38. The molecule has 1 atom stereocenters. The normalized spacial score (nSPS) is 12.2. The second-order valence-electron chi connectivity index (χ2n) is 5.10. The Morgan fingerprint density at radius 2 is 1.75 bits per heavy atom. The molecule has 2 aromatic rings. The molecule has 2 aromatic carbocycles. The van der Waals surface area contributed by atoms with Crippen LogP contribution in [0.4, 0.5) is 0 Å². The van der Waals surface area contributed by atoms with Crippen LogP contribution in [-0.2, 0) is 6.61 Å². The van der Waals surface area contributed by atoms with Gasteiger partial charge in [0.2, 0.25) is 0 Å². The number of hydrogen-bond acceptors (Lipinski definition) is 2. The van der Waals surface area contributed by atoms with Crippen molar-refractivity contribution in [1.82, 2.24) is 0 Å². The summed E-state index contributed by atoms with van der Waals surface area (Å²) in [6.07, 6.45) is -0.557. The van der Waals surface area contributed by atoms with Crippen molar-refractivity contribution in [2.45, 2.75) is 33.5 Å². The predicted octanol–water partition coefficient (Wildman–Crippen LogP) is 4.59. The first kappa shape index (κ1) is 14.9. The van der Waals surface area contributed by atoms with Gasteiger partial charge in [-0.2, -0.15) is 0 Å². The third-order valence-electron chi connectivity index (χ3n) is 3.21. The van der Waals surface area contributed by atoms with Crippen LogP contribution in [0.15, 0.2) is 36.4 Å². The first-order valence-electron chi connectivity index (χ1n) is 6.64. The van der Waals surface area contributed by atoms with E-state index in [9.17, 15) is 5.11 Å². The lowest BCUT2D eigenvalue weighted by Gasteiger charge is -2.15. The fourth-order valence-electron chi connectivity index (χ4n) is 2.05. The molecule has 0 aliphatic carbocycles. The van der Waals surface area contributed by atoms with E-state index in [4.69, 9.17) is 16.3 Å². The minimum absolute atomic E-state index is 0.391. The molecule has 106 valence electrons. The number of halogens is 1. The van der Waals surface area contributed by atoms with E-state index in [0.29, 0.717) is 17.4 Å². The van der Waals surface area contributed by atoms with Gasteiger partial charge in [0, 0.05) is 16.1 Å². The van der Waals surface area contributed by atoms with Gasteiger partial charge < -0.3 is 9.84 Å². The molecular formula is C17H19ClO2. The Morgan fingerprint density at radius 1 is 1.10 bits per heavy atom. The van der Waals surface area contributed by atoms with E-state index in [1.165, 1.54) is 0 Å². The Labute approximate surface area is 125 Å². The fourth-order valence-corrected chi connectivity index (χ4v) is 2.34. The molecule has 0 saturated carbocycles. The highest BCUT2D eigenvalue weighted by Gasteiger charge is 2.10. The Bertz CT molecular complexity index is 606. The lowest BCUT2D eigenvalue weighted by atomic mass is 10.1. The number of aliphatic hydroxyl groups excluding tert-OH is 1. The Kier molecular flexibility index (Phi) is 4.69. The van der Waals surface area contributed by atoms with Crippen LogP contribution in [0.25, 0.3) is 0 Å². The molecule has 0 fully saturated rings. The minimum Gasteiger partial charge on any atom is -0.488 e. The molecular weight excluding hydrogens is 272 g/mol. The monoisotopic (exact) mass is 290 g/mol. The van der Waals surface area contributed by atoms with Gasteiger partial charge in [0.05, 0.1) is 6.10 Å². The number of aliphatic hydroxyl groups is 1. The smallest absolute Gasteiger partial charge is 0.125 e. The van der Waals surface area contributed by atoms with Crippen LogP contribution in [0, 0.1) is 13.8 Å². The molecule has 0 unspecified atom stereocenters. The second-order valence-corrected chi connectivity index (χ2v) is 5.51. The van der Waals surface area contributed by atoms with Crippen LogP contribution in [0.3, 0.4) is 0 Å². The molecule has 20 heavy (non-hydrogen) atoms. The molecule has 0 aromatic heterocycles. The Hall–Kier alpha value is -1.51. The second kappa shape index (κ2) is 6.29. The molecule has 0 amide bonds. The number of ether oxygens (including phenoxy) is 1. The van der Waals surface area contributed by atoms with Crippen molar-refractivity contribution in [3.05, 3.63) is 63.7 Å². The molecule has 1 N–H and O–H groups in total. The van der Waals surface area contributed by atoms with Crippen LogP contribution in [-0.4, -0.2) is 5.11 Å². The fraction of sp³-hybridized carbons (Fsp3) is 0.294. The van der Waals surface area contributed by atoms with Crippen molar-refractivity contribution in [2.75, 3.05) is 0 Å². The zero-order chi connectivity index (χ0) is 14.7. The summed E-state index contributed by atoms with van der Waals surface area (Å²) < 4.78 is 5.82. The predicted molar refractivity (Wildman–Crippen MR) is 82.3 cm³/mol. The molecule has 0 heterocycles. The number of aryl methyl sites for hydroxylation is 2. The highest BCUT2D eigenvalue weighted by Crippen LogP contribution is 2.28. The third-order valence-corrected chi connectivity index (χ3v) is 3.56.